The third-order valence-corrected chi connectivity index (χ3v) is 4.19. The van der Waals surface area contributed by atoms with Crippen LogP contribution in [0.15, 0.2) is 42.5 Å². The van der Waals surface area contributed by atoms with Crippen molar-refractivity contribution in [2.75, 3.05) is 36.5 Å². The van der Waals surface area contributed by atoms with E-state index in [-0.39, 0.29) is 10.8 Å². The van der Waals surface area contributed by atoms with Crippen molar-refractivity contribution in [1.29, 1.82) is 0 Å². The van der Waals surface area contributed by atoms with Crippen molar-refractivity contribution in [2.24, 2.45) is 0 Å². The molecule has 25 heavy (non-hydrogen) atoms. The van der Waals surface area contributed by atoms with Gasteiger partial charge in [-0.1, -0.05) is 12.1 Å². The Balaban J connectivity index is 1.51. The molecular formula is C18H19F2N3OS. The molecule has 132 valence electrons. The second-order valence-electron chi connectivity index (χ2n) is 5.70. The predicted octanol–water partition coefficient (Wildman–Crippen LogP) is 3.29. The van der Waals surface area contributed by atoms with Gasteiger partial charge in [-0.05, 0) is 42.0 Å². The fourth-order valence-corrected chi connectivity index (χ4v) is 2.77. The van der Waals surface area contributed by atoms with Gasteiger partial charge in [-0.15, -0.1) is 0 Å². The number of benzene rings is 2. The minimum atomic E-state index is -0.681. The summed E-state index contributed by atoms with van der Waals surface area (Å²) in [4.78, 5) is 2.28. The average molecular weight is 363 g/mol. The number of morpholine rings is 1. The molecule has 1 aliphatic heterocycles. The summed E-state index contributed by atoms with van der Waals surface area (Å²) in [6.07, 6.45) is 0. The molecule has 0 saturated carbocycles. The Morgan fingerprint density at radius 2 is 1.80 bits per heavy atom. The van der Waals surface area contributed by atoms with Gasteiger partial charge in [0.1, 0.15) is 11.6 Å². The summed E-state index contributed by atoms with van der Waals surface area (Å²) in [5.74, 6) is -1.30. The lowest BCUT2D eigenvalue weighted by atomic mass is 10.2. The van der Waals surface area contributed by atoms with Crippen molar-refractivity contribution in [3.05, 3.63) is 59.7 Å². The van der Waals surface area contributed by atoms with Crippen LogP contribution in [-0.4, -0.2) is 31.4 Å². The number of nitrogens with one attached hydrogen (secondary N) is 2. The lowest BCUT2D eigenvalue weighted by Gasteiger charge is -2.28. The molecule has 0 atom stereocenters. The van der Waals surface area contributed by atoms with Gasteiger partial charge in [0, 0.05) is 31.4 Å². The third kappa shape index (κ3) is 4.87. The van der Waals surface area contributed by atoms with Crippen LogP contribution in [-0.2, 0) is 11.3 Å². The molecule has 1 fully saturated rings. The first-order chi connectivity index (χ1) is 12.1. The minimum Gasteiger partial charge on any atom is -0.378 e. The van der Waals surface area contributed by atoms with Gasteiger partial charge in [0.05, 0.1) is 18.9 Å². The molecule has 1 heterocycles. The zero-order valence-electron chi connectivity index (χ0n) is 13.6. The van der Waals surface area contributed by atoms with E-state index in [9.17, 15) is 8.78 Å². The molecule has 0 bridgehead atoms. The van der Waals surface area contributed by atoms with Crippen molar-refractivity contribution >= 4 is 28.7 Å². The number of anilines is 2. The van der Waals surface area contributed by atoms with Gasteiger partial charge in [-0.2, -0.15) is 0 Å². The standard InChI is InChI=1S/C18H19F2N3OS/c19-14-3-6-17(16(20)11-14)22-18(25)21-12-13-1-4-15(5-2-13)23-7-9-24-10-8-23/h1-6,11H,7-10,12H2,(H2,21,22,25). The van der Waals surface area contributed by atoms with Crippen molar-refractivity contribution in [3.63, 3.8) is 0 Å². The molecule has 2 aromatic rings. The maximum absolute atomic E-state index is 13.6. The summed E-state index contributed by atoms with van der Waals surface area (Å²) >= 11 is 5.15. The first kappa shape index (κ1) is 17.6. The van der Waals surface area contributed by atoms with Crippen molar-refractivity contribution < 1.29 is 13.5 Å². The largest absolute Gasteiger partial charge is 0.378 e. The summed E-state index contributed by atoms with van der Waals surface area (Å²) in [5.41, 5.74) is 2.36. The number of halogens is 2. The molecule has 0 aromatic heterocycles. The van der Waals surface area contributed by atoms with Crippen LogP contribution in [0.5, 0.6) is 0 Å². The molecule has 3 rings (SSSR count). The van der Waals surface area contributed by atoms with Crippen LogP contribution in [0.4, 0.5) is 20.2 Å². The Morgan fingerprint density at radius 1 is 1.08 bits per heavy atom. The number of thiocarbonyl (C=S) groups is 1. The summed E-state index contributed by atoms with van der Waals surface area (Å²) in [6.45, 7) is 3.81. The van der Waals surface area contributed by atoms with E-state index in [0.29, 0.717) is 6.54 Å². The lowest BCUT2D eigenvalue weighted by molar-refractivity contribution is 0.122. The molecule has 0 aliphatic carbocycles. The first-order valence-corrected chi connectivity index (χ1v) is 8.44. The van der Waals surface area contributed by atoms with Crippen LogP contribution in [0.25, 0.3) is 0 Å². The Morgan fingerprint density at radius 3 is 2.48 bits per heavy atom. The molecule has 0 amide bonds. The lowest BCUT2D eigenvalue weighted by Crippen LogP contribution is -2.36. The third-order valence-electron chi connectivity index (χ3n) is 3.94. The normalized spacial score (nSPS) is 14.2. The molecule has 1 aliphatic rings. The zero-order valence-corrected chi connectivity index (χ0v) is 14.4. The molecule has 7 heteroatoms. The summed E-state index contributed by atoms with van der Waals surface area (Å²) in [7, 11) is 0. The maximum Gasteiger partial charge on any atom is 0.171 e. The number of rotatable bonds is 4. The van der Waals surface area contributed by atoms with Crippen LogP contribution in [0.2, 0.25) is 0 Å². The van der Waals surface area contributed by atoms with E-state index in [1.165, 1.54) is 17.8 Å². The van der Waals surface area contributed by atoms with E-state index in [1.807, 2.05) is 12.1 Å². The summed E-state index contributed by atoms with van der Waals surface area (Å²) in [5, 5.41) is 6.02. The fraction of sp³-hybridized carbons (Fsp3) is 0.278. The second-order valence-corrected chi connectivity index (χ2v) is 6.11. The number of hydrogen-bond donors (Lipinski definition) is 2. The van der Waals surface area contributed by atoms with Crippen LogP contribution in [0.3, 0.4) is 0 Å². The number of ether oxygens (including phenoxy) is 1. The molecule has 0 radical (unpaired) electrons. The van der Waals surface area contributed by atoms with Gasteiger partial charge >= 0.3 is 0 Å². The number of hydrogen-bond acceptors (Lipinski definition) is 3. The molecule has 4 nitrogen and oxygen atoms in total. The van der Waals surface area contributed by atoms with Gasteiger partial charge in [-0.3, -0.25) is 0 Å². The predicted molar refractivity (Wildman–Crippen MR) is 98.9 cm³/mol. The Labute approximate surface area is 150 Å². The quantitative estimate of drug-likeness (QED) is 0.816. The Hall–Kier alpha value is -2.25. The van der Waals surface area contributed by atoms with Gasteiger partial charge in [-0.25, -0.2) is 8.78 Å². The number of nitrogens with zero attached hydrogens (tertiary/aromatic N) is 1. The van der Waals surface area contributed by atoms with Crippen LogP contribution in [0.1, 0.15) is 5.56 Å². The smallest absolute Gasteiger partial charge is 0.171 e. The molecular weight excluding hydrogens is 344 g/mol. The summed E-state index contributed by atoms with van der Waals surface area (Å²) in [6, 6.07) is 11.5. The molecule has 0 spiro atoms. The topological polar surface area (TPSA) is 36.5 Å². The minimum absolute atomic E-state index is 0.140. The molecule has 0 unspecified atom stereocenters. The fourth-order valence-electron chi connectivity index (χ4n) is 2.59. The van der Waals surface area contributed by atoms with Gasteiger partial charge in [0.25, 0.3) is 0 Å². The molecule has 2 N–H and O–H groups in total. The van der Waals surface area contributed by atoms with E-state index in [2.05, 4.69) is 27.7 Å². The molecule has 1 saturated heterocycles. The van der Waals surface area contributed by atoms with Crippen LogP contribution in [0, 0.1) is 11.6 Å². The van der Waals surface area contributed by atoms with Crippen LogP contribution >= 0.6 is 12.2 Å². The average Bonchev–Trinajstić information content (AvgIpc) is 2.63. The second kappa shape index (κ2) is 8.22. The highest BCUT2D eigenvalue weighted by molar-refractivity contribution is 7.80. The van der Waals surface area contributed by atoms with E-state index >= 15 is 0 Å². The van der Waals surface area contributed by atoms with Crippen molar-refractivity contribution in [2.45, 2.75) is 6.54 Å². The van der Waals surface area contributed by atoms with Gasteiger partial charge in [0.15, 0.2) is 5.11 Å². The molecule has 2 aromatic carbocycles. The van der Waals surface area contributed by atoms with Crippen molar-refractivity contribution in [3.8, 4) is 0 Å². The van der Waals surface area contributed by atoms with Crippen molar-refractivity contribution in [1.82, 2.24) is 5.32 Å². The highest BCUT2D eigenvalue weighted by Gasteiger charge is 2.11. The maximum atomic E-state index is 13.6. The Bertz CT molecular complexity index is 734. The first-order valence-electron chi connectivity index (χ1n) is 8.03. The van der Waals surface area contributed by atoms with Gasteiger partial charge in [0.2, 0.25) is 0 Å². The van der Waals surface area contributed by atoms with Crippen LogP contribution < -0.4 is 15.5 Å². The highest BCUT2D eigenvalue weighted by atomic mass is 32.1. The highest BCUT2D eigenvalue weighted by Crippen LogP contribution is 2.17. The summed E-state index contributed by atoms with van der Waals surface area (Å²) < 4.78 is 31.8. The van der Waals surface area contributed by atoms with E-state index in [4.69, 9.17) is 17.0 Å². The zero-order chi connectivity index (χ0) is 17.6. The van der Waals surface area contributed by atoms with E-state index in [1.54, 1.807) is 0 Å². The monoisotopic (exact) mass is 363 g/mol. The van der Waals surface area contributed by atoms with E-state index < -0.39 is 11.6 Å². The van der Waals surface area contributed by atoms with E-state index in [0.717, 1.165) is 37.9 Å². The Kier molecular flexibility index (Phi) is 5.78. The SMILES string of the molecule is Fc1ccc(NC(=S)NCc2ccc(N3CCOCC3)cc2)c(F)c1. The van der Waals surface area contributed by atoms with Gasteiger partial charge < -0.3 is 20.3 Å².